The lowest BCUT2D eigenvalue weighted by molar-refractivity contribution is -0.870. The van der Waals surface area contributed by atoms with Crippen molar-refractivity contribution in [1.82, 2.24) is 0 Å². The van der Waals surface area contributed by atoms with E-state index in [-0.39, 0.29) is 0 Å². The SMILES string of the molecule is CCCCCCCCCCCCCCCC[N+](C)(C)C.[O-]O. The second-order valence-electron chi connectivity index (χ2n) is 7.61. The molecule has 0 aliphatic carbocycles. The van der Waals surface area contributed by atoms with E-state index in [2.05, 4.69) is 28.1 Å². The van der Waals surface area contributed by atoms with Crippen molar-refractivity contribution in [2.75, 3.05) is 27.7 Å². The van der Waals surface area contributed by atoms with Crippen LogP contribution in [-0.2, 0) is 0 Å². The molecule has 136 valence electrons. The average molecular weight is 318 g/mol. The van der Waals surface area contributed by atoms with E-state index in [1.807, 2.05) is 0 Å². The fourth-order valence-corrected chi connectivity index (χ4v) is 2.78. The van der Waals surface area contributed by atoms with Gasteiger partial charge in [-0.2, -0.15) is 0 Å². The largest absolute Gasteiger partial charge is 0.727 e. The molecule has 0 aromatic heterocycles. The minimum absolute atomic E-state index is 1.12. The Morgan fingerprint density at radius 3 is 1.09 bits per heavy atom. The molecular weight excluding hydrogens is 274 g/mol. The highest BCUT2D eigenvalue weighted by Crippen LogP contribution is 2.13. The van der Waals surface area contributed by atoms with Crippen LogP contribution in [0, 0.1) is 0 Å². The van der Waals surface area contributed by atoms with Crippen molar-refractivity contribution < 1.29 is 15.0 Å². The molecule has 22 heavy (non-hydrogen) atoms. The van der Waals surface area contributed by atoms with Crippen LogP contribution < -0.4 is 5.26 Å². The molecule has 0 radical (unpaired) electrons. The standard InChI is InChI=1S/C19H42N.H2O2/c1-5-6-7-8-9-10-11-12-13-14-15-16-17-18-19-20(2,3)4;1-2/h5-19H2,1-4H3;1-2H/q+1;/p-1. The summed E-state index contributed by atoms with van der Waals surface area (Å²) in [6.07, 6.45) is 20.4. The summed E-state index contributed by atoms with van der Waals surface area (Å²) < 4.78 is 1.12. The van der Waals surface area contributed by atoms with E-state index in [1.165, 1.54) is 96.4 Å². The molecule has 0 atom stereocenters. The maximum Gasteiger partial charge on any atom is 0.0780 e. The van der Waals surface area contributed by atoms with E-state index >= 15 is 0 Å². The van der Waals surface area contributed by atoms with E-state index in [0.717, 1.165) is 4.48 Å². The Morgan fingerprint density at radius 2 is 0.818 bits per heavy atom. The summed E-state index contributed by atoms with van der Waals surface area (Å²) in [6.45, 7) is 3.63. The Hall–Kier alpha value is -0.120. The molecular formula is C19H43NO2. The fraction of sp³-hybridized carbons (Fsp3) is 1.00. The zero-order valence-electron chi connectivity index (χ0n) is 15.9. The first kappa shape index (κ1) is 24.1. The summed E-state index contributed by atoms with van der Waals surface area (Å²) in [5, 5.41) is 13.0. The highest BCUT2D eigenvalue weighted by molar-refractivity contribution is 4.49. The summed E-state index contributed by atoms with van der Waals surface area (Å²) >= 11 is 0. The number of quaternary nitrogens is 1. The van der Waals surface area contributed by atoms with Crippen molar-refractivity contribution in [2.45, 2.75) is 96.8 Å². The van der Waals surface area contributed by atoms with Crippen molar-refractivity contribution >= 4 is 0 Å². The normalized spacial score (nSPS) is 11.2. The number of hydrogen-bond donors (Lipinski definition) is 1. The lowest BCUT2D eigenvalue weighted by atomic mass is 10.0. The summed E-state index contributed by atoms with van der Waals surface area (Å²) in [6, 6.07) is 0. The van der Waals surface area contributed by atoms with Gasteiger partial charge in [-0.1, -0.05) is 84.0 Å². The Balaban J connectivity index is 0. The minimum Gasteiger partial charge on any atom is -0.727 e. The number of rotatable bonds is 15. The highest BCUT2D eigenvalue weighted by atomic mass is 17.0. The van der Waals surface area contributed by atoms with Gasteiger partial charge in [0.15, 0.2) is 0 Å². The molecule has 0 fully saturated rings. The van der Waals surface area contributed by atoms with Gasteiger partial charge in [0.2, 0.25) is 0 Å². The van der Waals surface area contributed by atoms with Crippen LogP contribution in [0.15, 0.2) is 0 Å². The van der Waals surface area contributed by atoms with Crippen LogP contribution in [0.5, 0.6) is 0 Å². The summed E-state index contributed by atoms with van der Waals surface area (Å²) in [5.41, 5.74) is 0. The second-order valence-corrected chi connectivity index (χ2v) is 7.61. The van der Waals surface area contributed by atoms with Gasteiger partial charge in [0.25, 0.3) is 0 Å². The highest BCUT2D eigenvalue weighted by Gasteiger charge is 2.04. The molecule has 0 saturated carbocycles. The number of unbranched alkanes of at least 4 members (excludes halogenated alkanes) is 13. The number of hydrogen-bond acceptors (Lipinski definition) is 2. The first-order valence-corrected chi connectivity index (χ1v) is 9.55. The molecule has 1 N–H and O–H groups in total. The molecule has 0 unspecified atom stereocenters. The predicted molar refractivity (Wildman–Crippen MR) is 95.8 cm³/mol. The van der Waals surface area contributed by atoms with Crippen molar-refractivity contribution in [1.29, 1.82) is 0 Å². The first-order chi connectivity index (χ1) is 10.6. The lowest BCUT2D eigenvalue weighted by Gasteiger charge is -2.23. The third-order valence-electron chi connectivity index (χ3n) is 4.18. The van der Waals surface area contributed by atoms with Gasteiger partial charge in [-0.3, -0.25) is 0 Å². The molecule has 0 aromatic carbocycles. The summed E-state index contributed by atoms with van der Waals surface area (Å²) in [4.78, 5) is 0. The van der Waals surface area contributed by atoms with Crippen molar-refractivity contribution in [3.63, 3.8) is 0 Å². The van der Waals surface area contributed by atoms with Gasteiger partial charge in [0, 0.05) is 0 Å². The third kappa shape index (κ3) is 24.9. The molecule has 0 spiro atoms. The summed E-state index contributed by atoms with van der Waals surface area (Å²) in [5.74, 6) is 0. The smallest absolute Gasteiger partial charge is 0.0780 e. The molecule has 0 amide bonds. The maximum atomic E-state index is 7.25. The monoisotopic (exact) mass is 317 g/mol. The number of nitrogens with zero attached hydrogens (tertiary/aromatic N) is 1. The van der Waals surface area contributed by atoms with Gasteiger partial charge >= 0.3 is 0 Å². The van der Waals surface area contributed by atoms with Crippen LogP contribution in [0.1, 0.15) is 96.8 Å². The molecule has 0 aliphatic heterocycles. The first-order valence-electron chi connectivity index (χ1n) is 9.55. The van der Waals surface area contributed by atoms with Crippen LogP contribution in [-0.4, -0.2) is 37.4 Å². The Bertz CT molecular complexity index is 190. The molecule has 0 rings (SSSR count). The second kappa shape index (κ2) is 18.9. The zero-order chi connectivity index (χ0) is 17.1. The summed E-state index contributed by atoms with van der Waals surface area (Å²) in [7, 11) is 6.88. The van der Waals surface area contributed by atoms with Gasteiger partial charge in [-0.05, 0) is 12.8 Å². The quantitative estimate of drug-likeness (QED) is 0.200. The molecule has 0 bridgehead atoms. The molecule has 0 aliphatic rings. The molecule has 3 nitrogen and oxygen atoms in total. The van der Waals surface area contributed by atoms with Crippen molar-refractivity contribution in [3.8, 4) is 0 Å². The van der Waals surface area contributed by atoms with Gasteiger partial charge in [-0.15, -0.1) is 0 Å². The maximum absolute atomic E-state index is 7.25. The Morgan fingerprint density at radius 1 is 0.545 bits per heavy atom. The topological polar surface area (TPSA) is 43.3 Å². The third-order valence-corrected chi connectivity index (χ3v) is 4.18. The van der Waals surface area contributed by atoms with E-state index < -0.39 is 0 Å². The minimum atomic E-state index is 1.12. The van der Waals surface area contributed by atoms with Gasteiger partial charge < -0.3 is 15.0 Å². The van der Waals surface area contributed by atoms with Crippen LogP contribution in [0.2, 0.25) is 0 Å². The molecule has 0 aromatic rings. The van der Waals surface area contributed by atoms with E-state index in [0.29, 0.717) is 0 Å². The Labute approximate surface area is 140 Å². The fourth-order valence-electron chi connectivity index (χ4n) is 2.78. The van der Waals surface area contributed by atoms with Crippen LogP contribution in [0.25, 0.3) is 0 Å². The molecule has 0 saturated heterocycles. The van der Waals surface area contributed by atoms with Gasteiger partial charge in [-0.25, -0.2) is 0 Å². The molecule has 3 heteroatoms. The molecule has 0 heterocycles. The predicted octanol–water partition coefficient (Wildman–Crippen LogP) is 4.99. The van der Waals surface area contributed by atoms with E-state index in [1.54, 1.807) is 0 Å². The Kier molecular flexibility index (Phi) is 20.8. The van der Waals surface area contributed by atoms with Gasteiger partial charge in [0.05, 0.1) is 27.7 Å². The average Bonchev–Trinajstić information content (AvgIpc) is 2.48. The van der Waals surface area contributed by atoms with Gasteiger partial charge in [0.1, 0.15) is 0 Å². The van der Waals surface area contributed by atoms with Crippen molar-refractivity contribution in [3.05, 3.63) is 0 Å². The van der Waals surface area contributed by atoms with E-state index in [9.17, 15) is 0 Å². The lowest BCUT2D eigenvalue weighted by Crippen LogP contribution is -2.35. The van der Waals surface area contributed by atoms with Crippen LogP contribution >= 0.6 is 0 Å². The zero-order valence-corrected chi connectivity index (χ0v) is 15.9. The van der Waals surface area contributed by atoms with Crippen LogP contribution in [0.3, 0.4) is 0 Å². The van der Waals surface area contributed by atoms with E-state index in [4.69, 9.17) is 10.5 Å². The van der Waals surface area contributed by atoms with Crippen molar-refractivity contribution in [2.24, 2.45) is 0 Å². The van der Waals surface area contributed by atoms with Crippen LogP contribution in [0.4, 0.5) is 0 Å².